The molecule has 0 aromatic rings. The summed E-state index contributed by atoms with van der Waals surface area (Å²) in [5.74, 6) is 0.809. The molecule has 0 N–H and O–H groups in total. The van der Waals surface area contributed by atoms with E-state index < -0.39 is 0 Å². The summed E-state index contributed by atoms with van der Waals surface area (Å²) in [6, 6.07) is 1.72. The van der Waals surface area contributed by atoms with Gasteiger partial charge in [0, 0.05) is 18.7 Å². The molecule has 2 heterocycles. The van der Waals surface area contributed by atoms with E-state index >= 15 is 0 Å². The molecule has 2 saturated heterocycles. The van der Waals surface area contributed by atoms with E-state index in [1.807, 2.05) is 0 Å². The Balaban J connectivity index is 1.90. The lowest BCUT2D eigenvalue weighted by atomic mass is 9.91. The minimum Gasteiger partial charge on any atom is -0.381 e. The molecule has 3 unspecified atom stereocenters. The molecule has 2 rings (SSSR count). The van der Waals surface area contributed by atoms with Crippen molar-refractivity contribution in [2.24, 2.45) is 5.92 Å². The lowest BCUT2D eigenvalue weighted by Crippen LogP contribution is -2.43. The van der Waals surface area contributed by atoms with E-state index in [0.29, 0.717) is 0 Å². The second-order valence-corrected chi connectivity index (χ2v) is 4.46. The van der Waals surface area contributed by atoms with Gasteiger partial charge in [-0.2, -0.15) is 0 Å². The van der Waals surface area contributed by atoms with Gasteiger partial charge in [0.05, 0.1) is 6.61 Å². The Morgan fingerprint density at radius 2 is 2.00 bits per heavy atom. The molecule has 0 amide bonds. The van der Waals surface area contributed by atoms with Crippen molar-refractivity contribution < 1.29 is 4.74 Å². The first-order valence-electron chi connectivity index (χ1n) is 5.62. The molecule has 2 bridgehead atoms. The van der Waals surface area contributed by atoms with Gasteiger partial charge >= 0.3 is 0 Å². The van der Waals surface area contributed by atoms with Crippen LogP contribution in [0.25, 0.3) is 0 Å². The summed E-state index contributed by atoms with van der Waals surface area (Å²) in [5.41, 5.74) is 0. The fourth-order valence-electron chi connectivity index (χ4n) is 3.02. The van der Waals surface area contributed by atoms with E-state index in [9.17, 15) is 0 Å². The van der Waals surface area contributed by atoms with Crippen molar-refractivity contribution in [2.75, 3.05) is 20.3 Å². The van der Waals surface area contributed by atoms with Crippen molar-refractivity contribution in [3.05, 3.63) is 0 Å². The van der Waals surface area contributed by atoms with Crippen LogP contribution >= 0.6 is 0 Å². The fraction of sp³-hybridized carbons (Fsp3) is 1.00. The van der Waals surface area contributed by atoms with Crippen molar-refractivity contribution >= 4 is 0 Å². The maximum Gasteiger partial charge on any atom is 0.0509 e. The summed E-state index contributed by atoms with van der Waals surface area (Å²) in [7, 11) is 2.29. The molecular weight excluding hydrogens is 162 g/mol. The van der Waals surface area contributed by atoms with Crippen LogP contribution in [0.4, 0.5) is 0 Å². The van der Waals surface area contributed by atoms with Gasteiger partial charge in [0.25, 0.3) is 0 Å². The Morgan fingerprint density at radius 1 is 1.23 bits per heavy atom. The molecule has 76 valence electrons. The number of nitrogens with zero attached hydrogens (tertiary/aromatic N) is 1. The third kappa shape index (κ3) is 1.75. The molecular formula is C11H21NO. The zero-order valence-corrected chi connectivity index (χ0v) is 8.83. The van der Waals surface area contributed by atoms with Gasteiger partial charge in [-0.25, -0.2) is 0 Å². The number of piperidine rings is 1. The largest absolute Gasteiger partial charge is 0.381 e. The topological polar surface area (TPSA) is 12.5 Å². The van der Waals surface area contributed by atoms with E-state index in [1.165, 1.54) is 25.7 Å². The summed E-state index contributed by atoms with van der Waals surface area (Å²) in [6.45, 7) is 3.94. The summed E-state index contributed by atoms with van der Waals surface area (Å²) in [6.07, 6.45) is 5.60. The lowest BCUT2D eigenvalue weighted by molar-refractivity contribution is 0.0391. The van der Waals surface area contributed by atoms with Crippen LogP contribution in [0.5, 0.6) is 0 Å². The van der Waals surface area contributed by atoms with Gasteiger partial charge in [-0.3, -0.25) is 0 Å². The van der Waals surface area contributed by atoms with Gasteiger partial charge in [-0.1, -0.05) is 0 Å². The van der Waals surface area contributed by atoms with Gasteiger partial charge in [0.1, 0.15) is 0 Å². The van der Waals surface area contributed by atoms with Gasteiger partial charge in [0.2, 0.25) is 0 Å². The third-order valence-electron chi connectivity index (χ3n) is 3.85. The molecule has 0 radical (unpaired) electrons. The predicted molar refractivity (Wildman–Crippen MR) is 53.8 cm³/mol. The molecule has 3 atom stereocenters. The predicted octanol–water partition coefficient (Wildman–Crippen LogP) is 1.90. The van der Waals surface area contributed by atoms with Crippen molar-refractivity contribution in [1.82, 2.24) is 4.90 Å². The normalized spacial score (nSPS) is 39.7. The summed E-state index contributed by atoms with van der Waals surface area (Å²) < 4.78 is 5.55. The highest BCUT2D eigenvalue weighted by Gasteiger charge is 2.39. The lowest BCUT2D eigenvalue weighted by Gasteiger charge is -2.37. The molecule has 13 heavy (non-hydrogen) atoms. The number of fused-ring (bicyclic) bond motifs is 2. The highest BCUT2D eigenvalue weighted by atomic mass is 16.5. The van der Waals surface area contributed by atoms with Crippen LogP contribution in [-0.2, 0) is 4.74 Å². The van der Waals surface area contributed by atoms with Crippen LogP contribution in [0.3, 0.4) is 0 Å². The van der Waals surface area contributed by atoms with Crippen LogP contribution in [0, 0.1) is 5.92 Å². The molecule has 2 heteroatoms. The van der Waals surface area contributed by atoms with Crippen LogP contribution in [-0.4, -0.2) is 37.2 Å². The highest BCUT2D eigenvalue weighted by molar-refractivity contribution is 4.94. The first-order chi connectivity index (χ1) is 6.33. The van der Waals surface area contributed by atoms with E-state index in [-0.39, 0.29) is 0 Å². The second-order valence-electron chi connectivity index (χ2n) is 4.46. The zero-order valence-electron chi connectivity index (χ0n) is 8.83. The Hall–Kier alpha value is -0.0800. The molecule has 0 spiro atoms. The number of hydrogen-bond donors (Lipinski definition) is 0. The van der Waals surface area contributed by atoms with Gasteiger partial charge < -0.3 is 9.64 Å². The second kappa shape index (κ2) is 3.97. The molecule has 0 saturated carbocycles. The maximum absolute atomic E-state index is 5.55. The quantitative estimate of drug-likeness (QED) is 0.662. The fourth-order valence-corrected chi connectivity index (χ4v) is 3.02. The van der Waals surface area contributed by atoms with Gasteiger partial charge in [0.15, 0.2) is 0 Å². The average Bonchev–Trinajstić information content (AvgIpc) is 2.38. The Bertz CT molecular complexity index is 171. The third-order valence-corrected chi connectivity index (χ3v) is 3.85. The smallest absolute Gasteiger partial charge is 0.0509 e. The maximum atomic E-state index is 5.55. The van der Waals surface area contributed by atoms with E-state index in [0.717, 1.165) is 31.2 Å². The summed E-state index contributed by atoms with van der Waals surface area (Å²) in [5, 5.41) is 0. The highest BCUT2D eigenvalue weighted by Crippen LogP contribution is 2.37. The minimum atomic E-state index is 0.809. The Morgan fingerprint density at radius 3 is 2.77 bits per heavy atom. The van der Waals surface area contributed by atoms with Crippen molar-refractivity contribution in [1.29, 1.82) is 0 Å². The molecule has 2 nitrogen and oxygen atoms in total. The number of ether oxygens (including phenoxy) is 1. The van der Waals surface area contributed by atoms with Crippen molar-refractivity contribution in [3.8, 4) is 0 Å². The number of rotatable bonds is 3. The van der Waals surface area contributed by atoms with Gasteiger partial charge in [-0.05, 0) is 45.6 Å². The first kappa shape index (κ1) is 9.47. The van der Waals surface area contributed by atoms with E-state index in [4.69, 9.17) is 4.74 Å². The van der Waals surface area contributed by atoms with Crippen molar-refractivity contribution in [3.63, 3.8) is 0 Å². The molecule has 2 fully saturated rings. The van der Waals surface area contributed by atoms with Crippen LogP contribution in [0.1, 0.15) is 32.6 Å². The molecule has 2 aliphatic heterocycles. The summed E-state index contributed by atoms with van der Waals surface area (Å²) >= 11 is 0. The van der Waals surface area contributed by atoms with Crippen LogP contribution in [0.15, 0.2) is 0 Å². The Kier molecular flexibility index (Phi) is 2.89. The SMILES string of the molecule is CCOCC1CCC2CCC1N2C. The Labute approximate surface area is 81.3 Å². The average molecular weight is 183 g/mol. The number of hydrogen-bond acceptors (Lipinski definition) is 2. The van der Waals surface area contributed by atoms with E-state index in [2.05, 4.69) is 18.9 Å². The monoisotopic (exact) mass is 183 g/mol. The van der Waals surface area contributed by atoms with Gasteiger partial charge in [-0.15, -0.1) is 0 Å². The standard InChI is InChI=1S/C11H21NO/c1-3-13-8-9-4-5-10-6-7-11(9)12(10)2/h9-11H,3-8H2,1-2H3. The van der Waals surface area contributed by atoms with Crippen molar-refractivity contribution in [2.45, 2.75) is 44.7 Å². The molecule has 0 aromatic heterocycles. The zero-order chi connectivity index (χ0) is 9.26. The van der Waals surface area contributed by atoms with Crippen LogP contribution in [0.2, 0.25) is 0 Å². The molecule has 2 aliphatic rings. The molecule has 0 aromatic carbocycles. The first-order valence-corrected chi connectivity index (χ1v) is 5.62. The molecule has 0 aliphatic carbocycles. The van der Waals surface area contributed by atoms with Crippen LogP contribution < -0.4 is 0 Å². The van der Waals surface area contributed by atoms with E-state index in [1.54, 1.807) is 0 Å². The summed E-state index contributed by atoms with van der Waals surface area (Å²) in [4.78, 5) is 2.59. The minimum absolute atomic E-state index is 0.809.